The van der Waals surface area contributed by atoms with Gasteiger partial charge >= 0.3 is 11.9 Å². The summed E-state index contributed by atoms with van der Waals surface area (Å²) in [5.41, 5.74) is 1.31. The van der Waals surface area contributed by atoms with Crippen LogP contribution in [0.1, 0.15) is 22.3 Å². The van der Waals surface area contributed by atoms with E-state index in [2.05, 4.69) is 10.1 Å². The van der Waals surface area contributed by atoms with Crippen LogP contribution < -0.4 is 5.32 Å². The maximum atomic E-state index is 11.5. The predicted molar refractivity (Wildman–Crippen MR) is 80.8 cm³/mol. The molecular weight excluding hydrogens is 294 g/mol. The van der Waals surface area contributed by atoms with Crippen LogP contribution in [0.25, 0.3) is 0 Å². The summed E-state index contributed by atoms with van der Waals surface area (Å²) in [6.45, 7) is 1.62. The Morgan fingerprint density at radius 2 is 2.24 bits per heavy atom. The highest BCUT2D eigenvalue weighted by molar-refractivity contribution is 5.89. The highest BCUT2D eigenvalue weighted by Crippen LogP contribution is 2.24. The predicted octanol–water partition coefficient (Wildman–Crippen LogP) is 1.75. The molecule has 1 unspecified atom stereocenters. The minimum Gasteiger partial charge on any atom is -0.481 e. The van der Waals surface area contributed by atoms with Gasteiger partial charge in [0.15, 0.2) is 0 Å². The normalized spacial score (nSPS) is 18.6. The number of esters is 1. The number of carbonyl (C=O) groups is 2. The van der Waals surface area contributed by atoms with Crippen molar-refractivity contribution in [2.24, 2.45) is 11.8 Å². The van der Waals surface area contributed by atoms with Crippen molar-refractivity contribution in [1.29, 1.82) is 0 Å². The Bertz CT molecular complexity index is 500. The Morgan fingerprint density at radius 3 is 2.81 bits per heavy atom. The Hall–Kier alpha value is -1.59. The molecule has 2 N–H and O–H groups in total. The van der Waals surface area contributed by atoms with Crippen molar-refractivity contribution >= 4 is 24.3 Å². The van der Waals surface area contributed by atoms with E-state index in [0.29, 0.717) is 12.0 Å². The fourth-order valence-corrected chi connectivity index (χ4v) is 2.67. The van der Waals surface area contributed by atoms with Crippen molar-refractivity contribution < 1.29 is 19.4 Å². The third kappa shape index (κ3) is 4.44. The standard InChI is InChI=1S/C15H19NO4.ClH/c1-20-15(19)11-4-2-3-10(7-11)8-13(14(17)18)12-5-6-16-9-12;/h2-4,7,12-13,16H,5-6,8-9H2,1H3,(H,17,18);1H/t12-,13?;/m0./s1. The molecule has 116 valence electrons. The number of carboxylic acid groups (broad SMARTS) is 1. The molecule has 1 aromatic rings. The summed E-state index contributed by atoms with van der Waals surface area (Å²) in [5.74, 6) is -1.45. The van der Waals surface area contributed by atoms with E-state index in [1.807, 2.05) is 6.07 Å². The second-order valence-electron chi connectivity index (χ2n) is 5.09. The van der Waals surface area contributed by atoms with Crippen molar-refractivity contribution in [3.05, 3.63) is 35.4 Å². The van der Waals surface area contributed by atoms with E-state index in [1.54, 1.807) is 18.2 Å². The van der Waals surface area contributed by atoms with Crippen LogP contribution in [0.5, 0.6) is 0 Å². The van der Waals surface area contributed by atoms with Gasteiger partial charge in [0.25, 0.3) is 0 Å². The Morgan fingerprint density at radius 1 is 1.48 bits per heavy atom. The number of carboxylic acids is 1. The summed E-state index contributed by atoms with van der Waals surface area (Å²) in [4.78, 5) is 22.9. The number of carbonyl (C=O) groups excluding carboxylic acids is 1. The van der Waals surface area contributed by atoms with Crippen LogP contribution >= 0.6 is 12.4 Å². The smallest absolute Gasteiger partial charge is 0.337 e. The molecule has 0 saturated carbocycles. The molecule has 1 saturated heterocycles. The van der Waals surface area contributed by atoms with E-state index in [0.717, 1.165) is 25.1 Å². The molecule has 1 aliphatic heterocycles. The van der Waals surface area contributed by atoms with Crippen LogP contribution in [0.15, 0.2) is 24.3 Å². The molecule has 1 aliphatic rings. The summed E-state index contributed by atoms with van der Waals surface area (Å²) < 4.78 is 4.68. The molecule has 0 amide bonds. The van der Waals surface area contributed by atoms with Gasteiger partial charge in [-0.3, -0.25) is 4.79 Å². The van der Waals surface area contributed by atoms with Gasteiger partial charge in [0.1, 0.15) is 0 Å². The number of benzene rings is 1. The second kappa shape index (κ2) is 8.00. The van der Waals surface area contributed by atoms with Crippen LogP contribution in [0.3, 0.4) is 0 Å². The topological polar surface area (TPSA) is 75.6 Å². The zero-order valence-corrected chi connectivity index (χ0v) is 12.7. The zero-order chi connectivity index (χ0) is 14.5. The van der Waals surface area contributed by atoms with E-state index in [4.69, 9.17) is 0 Å². The first-order valence-electron chi connectivity index (χ1n) is 6.72. The molecule has 0 spiro atoms. The van der Waals surface area contributed by atoms with E-state index in [9.17, 15) is 14.7 Å². The average molecular weight is 314 g/mol. The lowest BCUT2D eigenvalue weighted by molar-refractivity contribution is -0.143. The van der Waals surface area contributed by atoms with E-state index >= 15 is 0 Å². The summed E-state index contributed by atoms with van der Waals surface area (Å²) in [6.07, 6.45) is 1.32. The largest absolute Gasteiger partial charge is 0.481 e. The summed E-state index contributed by atoms with van der Waals surface area (Å²) in [5, 5.41) is 12.6. The Kier molecular flexibility index (Phi) is 6.65. The van der Waals surface area contributed by atoms with Crippen LogP contribution in [-0.2, 0) is 16.0 Å². The molecule has 0 aromatic heterocycles. The lowest BCUT2D eigenvalue weighted by atomic mass is 9.86. The fraction of sp³-hybridized carbons (Fsp3) is 0.467. The molecule has 2 atom stereocenters. The fourth-order valence-electron chi connectivity index (χ4n) is 2.67. The van der Waals surface area contributed by atoms with Gasteiger partial charge in [-0.05, 0) is 49.5 Å². The maximum Gasteiger partial charge on any atom is 0.337 e. The Labute approximate surface area is 130 Å². The highest BCUT2D eigenvalue weighted by atomic mass is 35.5. The van der Waals surface area contributed by atoms with Gasteiger partial charge in [-0.1, -0.05) is 12.1 Å². The maximum absolute atomic E-state index is 11.5. The molecule has 0 aliphatic carbocycles. The van der Waals surface area contributed by atoms with Crippen molar-refractivity contribution in [1.82, 2.24) is 5.32 Å². The number of nitrogens with one attached hydrogen (secondary N) is 1. The quantitative estimate of drug-likeness (QED) is 0.810. The van der Waals surface area contributed by atoms with E-state index in [-0.39, 0.29) is 18.3 Å². The zero-order valence-electron chi connectivity index (χ0n) is 11.9. The minimum atomic E-state index is -0.776. The highest BCUT2D eigenvalue weighted by Gasteiger charge is 2.30. The molecule has 2 rings (SSSR count). The lowest BCUT2D eigenvalue weighted by Crippen LogP contribution is -2.27. The minimum absolute atomic E-state index is 0. The van der Waals surface area contributed by atoms with E-state index < -0.39 is 17.9 Å². The molecule has 1 heterocycles. The number of methoxy groups -OCH3 is 1. The van der Waals surface area contributed by atoms with Gasteiger partial charge < -0.3 is 15.2 Å². The second-order valence-corrected chi connectivity index (χ2v) is 5.09. The number of halogens is 1. The van der Waals surface area contributed by atoms with Crippen molar-refractivity contribution in [2.75, 3.05) is 20.2 Å². The lowest BCUT2D eigenvalue weighted by Gasteiger charge is -2.18. The van der Waals surface area contributed by atoms with Gasteiger partial charge in [0.2, 0.25) is 0 Å². The summed E-state index contributed by atoms with van der Waals surface area (Å²) in [7, 11) is 1.33. The molecule has 0 bridgehead atoms. The molecule has 6 heteroatoms. The molecule has 5 nitrogen and oxygen atoms in total. The number of ether oxygens (including phenoxy) is 1. The van der Waals surface area contributed by atoms with Crippen LogP contribution in [-0.4, -0.2) is 37.2 Å². The van der Waals surface area contributed by atoms with Crippen molar-refractivity contribution in [3.8, 4) is 0 Å². The molecule has 1 fully saturated rings. The first kappa shape index (κ1) is 17.5. The third-order valence-electron chi connectivity index (χ3n) is 3.79. The number of hydrogen-bond donors (Lipinski definition) is 2. The Balaban J connectivity index is 0.00000220. The van der Waals surface area contributed by atoms with Crippen molar-refractivity contribution in [3.63, 3.8) is 0 Å². The first-order chi connectivity index (χ1) is 9.61. The molecular formula is C15H20ClNO4. The average Bonchev–Trinajstić information content (AvgIpc) is 2.97. The van der Waals surface area contributed by atoms with Gasteiger partial charge in [0, 0.05) is 0 Å². The SMILES string of the molecule is COC(=O)c1cccc(CC(C(=O)O)[C@H]2CCNC2)c1.Cl. The molecule has 0 radical (unpaired) electrons. The van der Waals surface area contributed by atoms with Gasteiger partial charge in [-0.2, -0.15) is 0 Å². The van der Waals surface area contributed by atoms with Gasteiger partial charge in [-0.15, -0.1) is 12.4 Å². The van der Waals surface area contributed by atoms with Gasteiger partial charge in [-0.25, -0.2) is 4.79 Å². The number of rotatable bonds is 5. The van der Waals surface area contributed by atoms with Crippen LogP contribution in [0, 0.1) is 11.8 Å². The van der Waals surface area contributed by atoms with E-state index in [1.165, 1.54) is 7.11 Å². The van der Waals surface area contributed by atoms with Crippen LogP contribution in [0.4, 0.5) is 0 Å². The first-order valence-corrected chi connectivity index (χ1v) is 6.72. The monoisotopic (exact) mass is 313 g/mol. The molecule has 1 aromatic carbocycles. The number of aliphatic carboxylic acids is 1. The third-order valence-corrected chi connectivity index (χ3v) is 3.79. The van der Waals surface area contributed by atoms with Crippen molar-refractivity contribution in [2.45, 2.75) is 12.8 Å². The number of hydrogen-bond acceptors (Lipinski definition) is 4. The molecule has 21 heavy (non-hydrogen) atoms. The van der Waals surface area contributed by atoms with Gasteiger partial charge in [0.05, 0.1) is 18.6 Å². The summed E-state index contributed by atoms with van der Waals surface area (Å²) >= 11 is 0. The summed E-state index contributed by atoms with van der Waals surface area (Å²) in [6, 6.07) is 6.99. The van der Waals surface area contributed by atoms with Crippen LogP contribution in [0.2, 0.25) is 0 Å².